The van der Waals surface area contributed by atoms with Crippen molar-refractivity contribution in [1.82, 2.24) is 0 Å². The van der Waals surface area contributed by atoms with Crippen LogP contribution in [-0.2, 0) is 9.53 Å². The number of carbonyl (C=O) groups excluding carboxylic acids is 1. The lowest BCUT2D eigenvalue weighted by molar-refractivity contribution is -0.143. The van der Waals surface area contributed by atoms with Crippen LogP contribution in [0, 0.1) is 0 Å². The molecule has 0 fully saturated rings. The van der Waals surface area contributed by atoms with Gasteiger partial charge in [0.05, 0.1) is 18.8 Å². The zero-order valence-corrected chi connectivity index (χ0v) is 13.3. The molecule has 0 aliphatic rings. The van der Waals surface area contributed by atoms with E-state index in [0.29, 0.717) is 13.0 Å². The normalized spacial score (nSPS) is 14.6. The maximum absolute atomic E-state index is 11.1. The van der Waals surface area contributed by atoms with Gasteiger partial charge in [0.25, 0.3) is 0 Å². The van der Waals surface area contributed by atoms with E-state index in [1.54, 1.807) is 43.4 Å². The first kappa shape index (κ1) is 18.9. The van der Waals surface area contributed by atoms with Crippen LogP contribution in [0.3, 0.4) is 0 Å². The fourth-order valence-electron chi connectivity index (χ4n) is 1.85. The average molecular weight is 316 g/mol. The van der Waals surface area contributed by atoms with Gasteiger partial charge in [0.2, 0.25) is 0 Å². The van der Waals surface area contributed by atoms with E-state index in [1.807, 2.05) is 30.3 Å². The van der Waals surface area contributed by atoms with Gasteiger partial charge < -0.3 is 14.9 Å². The Hall–Kier alpha value is -2.17. The van der Waals surface area contributed by atoms with Crippen LogP contribution in [0.5, 0.6) is 0 Å². The molecular formula is C19H24O4. The summed E-state index contributed by atoms with van der Waals surface area (Å²) in [5, 5.41) is 19.6. The van der Waals surface area contributed by atoms with Gasteiger partial charge in [0.15, 0.2) is 0 Å². The van der Waals surface area contributed by atoms with Crippen LogP contribution in [0.4, 0.5) is 0 Å². The van der Waals surface area contributed by atoms with E-state index in [2.05, 4.69) is 0 Å². The van der Waals surface area contributed by atoms with Crippen molar-refractivity contribution in [2.45, 2.75) is 32.0 Å². The quantitative estimate of drug-likeness (QED) is 0.543. The lowest BCUT2D eigenvalue weighted by atomic mass is 10.1. The minimum atomic E-state index is -0.678. The smallest absolute Gasteiger partial charge is 0.305 e. The second-order valence-electron chi connectivity index (χ2n) is 4.92. The van der Waals surface area contributed by atoms with E-state index in [9.17, 15) is 15.0 Å². The molecule has 0 bridgehead atoms. The van der Waals surface area contributed by atoms with Crippen molar-refractivity contribution in [1.29, 1.82) is 0 Å². The van der Waals surface area contributed by atoms with Gasteiger partial charge in [-0.2, -0.15) is 0 Å². The van der Waals surface area contributed by atoms with Gasteiger partial charge in [-0.15, -0.1) is 0 Å². The summed E-state index contributed by atoms with van der Waals surface area (Å²) in [6.45, 7) is 2.11. The van der Waals surface area contributed by atoms with Crippen molar-refractivity contribution in [3.8, 4) is 0 Å². The Labute approximate surface area is 137 Å². The molecule has 1 rings (SSSR count). The second kappa shape index (κ2) is 11.4. The first-order chi connectivity index (χ1) is 11.1. The fraction of sp³-hybridized carbons (Fsp3) is 0.316. The molecule has 0 heterocycles. The highest BCUT2D eigenvalue weighted by Gasteiger charge is 2.05. The number of aliphatic hydroxyl groups is 2. The van der Waals surface area contributed by atoms with Crippen molar-refractivity contribution in [3.05, 3.63) is 72.4 Å². The van der Waals surface area contributed by atoms with Gasteiger partial charge in [-0.3, -0.25) is 4.79 Å². The Morgan fingerprint density at radius 1 is 1.09 bits per heavy atom. The highest BCUT2D eigenvalue weighted by Crippen LogP contribution is 2.12. The molecule has 0 spiro atoms. The van der Waals surface area contributed by atoms with Gasteiger partial charge in [0, 0.05) is 6.42 Å². The molecular weight excluding hydrogens is 292 g/mol. The number of hydrogen-bond donors (Lipinski definition) is 2. The molecule has 0 saturated carbocycles. The number of rotatable bonds is 9. The Kier molecular flexibility index (Phi) is 9.36. The summed E-state index contributed by atoms with van der Waals surface area (Å²) < 4.78 is 4.79. The SMILES string of the molecule is CCOC(=O)CCC(O)/C=C/C=C/C=C/C(O)c1ccccc1. The zero-order chi connectivity index (χ0) is 16.9. The van der Waals surface area contributed by atoms with Crippen molar-refractivity contribution in [2.75, 3.05) is 6.61 Å². The molecule has 4 nitrogen and oxygen atoms in total. The molecule has 124 valence electrons. The van der Waals surface area contributed by atoms with E-state index in [0.717, 1.165) is 5.56 Å². The molecule has 0 aromatic heterocycles. The van der Waals surface area contributed by atoms with Gasteiger partial charge in [-0.25, -0.2) is 0 Å². The number of ether oxygens (including phenoxy) is 1. The summed E-state index contributed by atoms with van der Waals surface area (Å²) in [4.78, 5) is 11.1. The minimum absolute atomic E-state index is 0.201. The topological polar surface area (TPSA) is 66.8 Å². The molecule has 2 N–H and O–H groups in total. The Balaban J connectivity index is 2.29. The number of aliphatic hydroxyl groups excluding tert-OH is 2. The summed E-state index contributed by atoms with van der Waals surface area (Å²) in [5.41, 5.74) is 0.835. The Morgan fingerprint density at radius 3 is 2.39 bits per heavy atom. The third-order valence-corrected chi connectivity index (χ3v) is 3.05. The van der Waals surface area contributed by atoms with Crippen LogP contribution in [0.2, 0.25) is 0 Å². The van der Waals surface area contributed by atoms with Gasteiger partial charge in [0.1, 0.15) is 0 Å². The standard InChI is InChI=1S/C19H24O4/c1-2-23-19(22)15-14-17(20)12-8-3-4-9-13-18(21)16-10-6-5-7-11-16/h3-13,17-18,20-21H,2,14-15H2,1H3/b4-3+,12-8+,13-9+. The van der Waals surface area contributed by atoms with E-state index >= 15 is 0 Å². The summed E-state index contributed by atoms with van der Waals surface area (Å²) in [7, 11) is 0. The first-order valence-electron chi connectivity index (χ1n) is 7.71. The molecule has 2 unspecified atom stereocenters. The predicted molar refractivity (Wildman–Crippen MR) is 90.7 cm³/mol. The van der Waals surface area contributed by atoms with Crippen LogP contribution in [0.1, 0.15) is 31.4 Å². The molecule has 1 aromatic rings. The molecule has 23 heavy (non-hydrogen) atoms. The number of benzene rings is 1. The number of allylic oxidation sites excluding steroid dienone is 4. The molecule has 0 saturated heterocycles. The predicted octanol–water partition coefficient (Wildman–Crippen LogP) is 3.09. The van der Waals surface area contributed by atoms with Crippen LogP contribution in [0.15, 0.2) is 66.8 Å². The number of carbonyl (C=O) groups is 1. The lowest BCUT2D eigenvalue weighted by Crippen LogP contribution is -2.09. The summed E-state index contributed by atoms with van der Waals surface area (Å²) >= 11 is 0. The number of esters is 1. The third-order valence-electron chi connectivity index (χ3n) is 3.05. The van der Waals surface area contributed by atoms with Crippen LogP contribution >= 0.6 is 0 Å². The zero-order valence-electron chi connectivity index (χ0n) is 13.3. The summed E-state index contributed by atoms with van der Waals surface area (Å²) in [5.74, 6) is -0.298. The number of hydrogen-bond acceptors (Lipinski definition) is 4. The van der Waals surface area contributed by atoms with Gasteiger partial charge >= 0.3 is 5.97 Å². The highest BCUT2D eigenvalue weighted by atomic mass is 16.5. The van der Waals surface area contributed by atoms with Crippen molar-refractivity contribution < 1.29 is 19.7 Å². The molecule has 1 aromatic carbocycles. The molecule has 2 atom stereocenters. The first-order valence-corrected chi connectivity index (χ1v) is 7.71. The van der Waals surface area contributed by atoms with Gasteiger partial charge in [-0.1, -0.05) is 66.8 Å². The monoisotopic (exact) mass is 316 g/mol. The fourth-order valence-corrected chi connectivity index (χ4v) is 1.85. The van der Waals surface area contributed by atoms with E-state index in [4.69, 9.17) is 4.74 Å². The van der Waals surface area contributed by atoms with Crippen LogP contribution in [0.25, 0.3) is 0 Å². The molecule has 0 aliphatic heterocycles. The minimum Gasteiger partial charge on any atom is -0.466 e. The van der Waals surface area contributed by atoms with Crippen molar-refractivity contribution in [3.63, 3.8) is 0 Å². The van der Waals surface area contributed by atoms with Crippen LogP contribution < -0.4 is 0 Å². The van der Waals surface area contributed by atoms with E-state index < -0.39 is 12.2 Å². The largest absolute Gasteiger partial charge is 0.466 e. The maximum Gasteiger partial charge on any atom is 0.305 e. The molecule has 0 aliphatic carbocycles. The Morgan fingerprint density at radius 2 is 1.74 bits per heavy atom. The van der Waals surface area contributed by atoms with E-state index in [-0.39, 0.29) is 12.4 Å². The highest BCUT2D eigenvalue weighted by molar-refractivity contribution is 5.69. The second-order valence-corrected chi connectivity index (χ2v) is 4.92. The van der Waals surface area contributed by atoms with E-state index in [1.165, 1.54) is 0 Å². The van der Waals surface area contributed by atoms with Crippen molar-refractivity contribution in [2.24, 2.45) is 0 Å². The Bertz CT molecular complexity index is 532. The molecule has 0 amide bonds. The summed E-state index contributed by atoms with van der Waals surface area (Å²) in [6, 6.07) is 9.38. The third kappa shape index (κ3) is 8.76. The van der Waals surface area contributed by atoms with Gasteiger partial charge in [-0.05, 0) is 18.9 Å². The molecule has 4 heteroatoms. The average Bonchev–Trinajstić information content (AvgIpc) is 2.57. The van der Waals surface area contributed by atoms with Crippen LogP contribution in [-0.4, -0.2) is 28.9 Å². The summed E-state index contributed by atoms with van der Waals surface area (Å²) in [6.07, 6.45) is 9.47. The molecule has 0 radical (unpaired) electrons. The van der Waals surface area contributed by atoms with Crippen molar-refractivity contribution >= 4 is 5.97 Å². The lowest BCUT2D eigenvalue weighted by Gasteiger charge is -2.04. The maximum atomic E-state index is 11.1.